The molecule has 3 N–H and O–H groups in total. The Bertz CT molecular complexity index is 936. The first-order valence-corrected chi connectivity index (χ1v) is 8.22. The van der Waals surface area contributed by atoms with Gasteiger partial charge in [0.05, 0.1) is 4.90 Å². The van der Waals surface area contributed by atoms with Gasteiger partial charge >= 0.3 is 0 Å². The van der Waals surface area contributed by atoms with E-state index >= 15 is 0 Å². The average molecular weight is 319 g/mol. The number of rotatable bonds is 4. The van der Waals surface area contributed by atoms with E-state index in [1.54, 1.807) is 24.3 Å². The lowest BCUT2D eigenvalue weighted by molar-refractivity contribution is 0.306. The topological polar surface area (TPSA) is 124 Å². The number of nitrogens with one attached hydrogen (secondary N) is 1. The van der Waals surface area contributed by atoms with Crippen LogP contribution in [0.15, 0.2) is 35.2 Å². The van der Waals surface area contributed by atoms with Crippen LogP contribution in [0.2, 0.25) is 0 Å². The van der Waals surface area contributed by atoms with Gasteiger partial charge in [-0.3, -0.25) is 0 Å². The number of aromatic amines is 1. The molecule has 0 aliphatic rings. The van der Waals surface area contributed by atoms with Crippen molar-refractivity contribution in [3.05, 3.63) is 35.9 Å². The van der Waals surface area contributed by atoms with Crippen LogP contribution in [0, 0.1) is 0 Å². The molecule has 22 heavy (non-hydrogen) atoms. The largest absolute Gasteiger partial charge is 0.486 e. The molecular weight excluding hydrogens is 306 g/mol. The molecule has 114 valence electrons. The van der Waals surface area contributed by atoms with Crippen LogP contribution in [0.4, 0.5) is 5.82 Å². The van der Waals surface area contributed by atoms with Crippen LogP contribution >= 0.6 is 0 Å². The van der Waals surface area contributed by atoms with Gasteiger partial charge < -0.3 is 10.5 Å². The van der Waals surface area contributed by atoms with Crippen molar-refractivity contribution < 1.29 is 13.2 Å². The second kappa shape index (κ2) is 5.26. The highest BCUT2D eigenvalue weighted by Gasteiger charge is 2.14. The summed E-state index contributed by atoms with van der Waals surface area (Å²) in [5, 5.41) is 10.2. The minimum Gasteiger partial charge on any atom is -0.486 e. The SMILES string of the molecule is CS(=O)(=O)c1ccccc1COc1cc(N)nc2n[nH]nc12. The number of nitrogens with zero attached hydrogens (tertiary/aromatic N) is 3. The molecule has 0 saturated carbocycles. The number of benzene rings is 1. The first kappa shape index (κ1) is 14.3. The van der Waals surface area contributed by atoms with Crippen LogP contribution in [0.1, 0.15) is 5.56 Å². The number of sulfone groups is 1. The van der Waals surface area contributed by atoms with Crippen molar-refractivity contribution in [1.82, 2.24) is 20.4 Å². The predicted octanol–water partition coefficient (Wildman–Crippen LogP) is 0.918. The first-order chi connectivity index (χ1) is 10.4. The van der Waals surface area contributed by atoms with Crippen molar-refractivity contribution in [2.45, 2.75) is 11.5 Å². The van der Waals surface area contributed by atoms with Gasteiger partial charge in [-0.15, -0.1) is 5.10 Å². The zero-order valence-electron chi connectivity index (χ0n) is 11.6. The number of nitrogen functional groups attached to an aromatic ring is 1. The van der Waals surface area contributed by atoms with Gasteiger partial charge in [0.2, 0.25) is 5.65 Å². The molecule has 0 atom stereocenters. The van der Waals surface area contributed by atoms with Crippen molar-refractivity contribution in [2.24, 2.45) is 0 Å². The molecule has 0 unspecified atom stereocenters. The maximum absolute atomic E-state index is 11.8. The van der Waals surface area contributed by atoms with Crippen molar-refractivity contribution in [3.8, 4) is 5.75 Å². The average Bonchev–Trinajstić information content (AvgIpc) is 2.92. The number of H-pyrrole nitrogens is 1. The standard InChI is InChI=1S/C13H13N5O3S/c1-22(19,20)10-5-3-2-4-8(10)7-21-9-6-11(14)15-13-12(9)16-18-17-13/h2-6H,7H2,1H3,(H3,14,15,16,17,18). The molecule has 0 aliphatic carbocycles. The van der Waals surface area contributed by atoms with Gasteiger partial charge in [0.25, 0.3) is 0 Å². The number of pyridine rings is 1. The molecule has 1 aromatic carbocycles. The fraction of sp³-hybridized carbons (Fsp3) is 0.154. The van der Waals surface area contributed by atoms with Crippen LogP contribution in [-0.2, 0) is 16.4 Å². The molecule has 0 radical (unpaired) electrons. The zero-order chi connectivity index (χ0) is 15.7. The third kappa shape index (κ3) is 2.70. The number of hydrogen-bond donors (Lipinski definition) is 2. The Kier molecular flexibility index (Phi) is 3.41. The Hall–Kier alpha value is -2.68. The van der Waals surface area contributed by atoms with E-state index in [0.29, 0.717) is 22.5 Å². The molecule has 2 aromatic heterocycles. The molecule has 3 aromatic rings. The maximum atomic E-state index is 11.8. The van der Waals surface area contributed by atoms with E-state index < -0.39 is 9.84 Å². The number of nitrogens with two attached hydrogens (primary N) is 1. The maximum Gasteiger partial charge on any atom is 0.207 e. The molecule has 0 bridgehead atoms. The molecule has 0 amide bonds. The first-order valence-electron chi connectivity index (χ1n) is 6.33. The Balaban J connectivity index is 1.94. The summed E-state index contributed by atoms with van der Waals surface area (Å²) < 4.78 is 29.2. The van der Waals surface area contributed by atoms with Crippen molar-refractivity contribution in [1.29, 1.82) is 0 Å². The van der Waals surface area contributed by atoms with Gasteiger partial charge in [-0.05, 0) is 6.07 Å². The predicted molar refractivity (Wildman–Crippen MR) is 80.0 cm³/mol. The Morgan fingerprint density at radius 2 is 2.05 bits per heavy atom. The van der Waals surface area contributed by atoms with Crippen LogP contribution in [-0.4, -0.2) is 35.1 Å². The third-order valence-corrected chi connectivity index (χ3v) is 4.23. The molecule has 3 rings (SSSR count). The minimum atomic E-state index is -3.33. The van der Waals surface area contributed by atoms with Gasteiger partial charge in [-0.25, -0.2) is 13.4 Å². The molecule has 0 spiro atoms. The normalized spacial score (nSPS) is 11.7. The summed E-state index contributed by atoms with van der Waals surface area (Å²) in [4.78, 5) is 4.24. The summed E-state index contributed by atoms with van der Waals surface area (Å²) in [5.74, 6) is 0.632. The number of aromatic nitrogens is 4. The number of fused-ring (bicyclic) bond motifs is 1. The fourth-order valence-corrected chi connectivity index (χ4v) is 3.01. The summed E-state index contributed by atoms with van der Waals surface area (Å²) >= 11 is 0. The Morgan fingerprint density at radius 1 is 1.27 bits per heavy atom. The highest BCUT2D eigenvalue weighted by atomic mass is 32.2. The number of anilines is 1. The molecule has 8 nitrogen and oxygen atoms in total. The quantitative estimate of drug-likeness (QED) is 0.732. The van der Waals surface area contributed by atoms with Gasteiger partial charge in [0.1, 0.15) is 12.4 Å². The van der Waals surface area contributed by atoms with E-state index in [0.717, 1.165) is 6.26 Å². The molecule has 0 fully saturated rings. The molecule has 0 aliphatic heterocycles. The summed E-state index contributed by atoms with van der Waals surface area (Å²) in [7, 11) is -3.33. The van der Waals surface area contributed by atoms with E-state index in [9.17, 15) is 8.42 Å². The van der Waals surface area contributed by atoms with Crippen molar-refractivity contribution in [3.63, 3.8) is 0 Å². The van der Waals surface area contributed by atoms with Gasteiger partial charge in [0, 0.05) is 17.9 Å². The van der Waals surface area contributed by atoms with Gasteiger partial charge in [-0.2, -0.15) is 10.3 Å². The monoisotopic (exact) mass is 319 g/mol. The lowest BCUT2D eigenvalue weighted by Gasteiger charge is -2.10. The Labute approximate surface area is 126 Å². The van der Waals surface area contributed by atoms with E-state index in [1.165, 1.54) is 6.07 Å². The number of hydrogen-bond acceptors (Lipinski definition) is 7. The van der Waals surface area contributed by atoms with Gasteiger partial charge in [-0.1, -0.05) is 18.2 Å². The van der Waals surface area contributed by atoms with Crippen LogP contribution < -0.4 is 10.5 Å². The molecular formula is C13H13N5O3S. The number of ether oxygens (including phenoxy) is 1. The van der Waals surface area contributed by atoms with Gasteiger partial charge in [0.15, 0.2) is 21.1 Å². The minimum absolute atomic E-state index is 0.0641. The lowest BCUT2D eigenvalue weighted by atomic mass is 10.2. The highest BCUT2D eigenvalue weighted by molar-refractivity contribution is 7.90. The molecule has 9 heteroatoms. The second-order valence-corrected chi connectivity index (χ2v) is 6.69. The van der Waals surface area contributed by atoms with E-state index in [-0.39, 0.29) is 17.3 Å². The second-order valence-electron chi connectivity index (χ2n) is 4.71. The van der Waals surface area contributed by atoms with E-state index in [2.05, 4.69) is 20.4 Å². The smallest absolute Gasteiger partial charge is 0.207 e. The fourth-order valence-electron chi connectivity index (χ4n) is 2.08. The highest BCUT2D eigenvalue weighted by Crippen LogP contribution is 2.25. The summed E-state index contributed by atoms with van der Waals surface area (Å²) in [6.07, 6.45) is 1.16. The van der Waals surface area contributed by atoms with Crippen LogP contribution in [0.5, 0.6) is 5.75 Å². The summed E-state index contributed by atoms with van der Waals surface area (Å²) in [6, 6.07) is 8.18. The Morgan fingerprint density at radius 3 is 2.82 bits per heavy atom. The molecule has 0 saturated heterocycles. The lowest BCUT2D eigenvalue weighted by Crippen LogP contribution is -2.06. The summed E-state index contributed by atoms with van der Waals surface area (Å²) in [5.41, 5.74) is 7.01. The van der Waals surface area contributed by atoms with Crippen molar-refractivity contribution in [2.75, 3.05) is 12.0 Å². The van der Waals surface area contributed by atoms with Crippen LogP contribution in [0.3, 0.4) is 0 Å². The zero-order valence-corrected chi connectivity index (χ0v) is 12.5. The molecule has 2 heterocycles. The van der Waals surface area contributed by atoms with E-state index in [4.69, 9.17) is 10.5 Å². The third-order valence-electron chi connectivity index (χ3n) is 3.03. The van der Waals surface area contributed by atoms with E-state index in [1.807, 2.05) is 0 Å². The summed E-state index contributed by atoms with van der Waals surface area (Å²) in [6.45, 7) is 0.0641. The van der Waals surface area contributed by atoms with Crippen LogP contribution in [0.25, 0.3) is 11.2 Å². The van der Waals surface area contributed by atoms with Crippen molar-refractivity contribution >= 4 is 26.8 Å².